The number of ether oxygens (including phenoxy) is 1. The van der Waals surface area contributed by atoms with E-state index in [1.165, 1.54) is 7.11 Å². The molecule has 2 heterocycles. The van der Waals surface area contributed by atoms with Crippen LogP contribution in [0.5, 0.6) is 0 Å². The Bertz CT molecular complexity index is 932. The summed E-state index contributed by atoms with van der Waals surface area (Å²) in [6.07, 6.45) is 1.97. The van der Waals surface area contributed by atoms with Crippen LogP contribution in [0.3, 0.4) is 0 Å². The molecule has 0 atom stereocenters. The van der Waals surface area contributed by atoms with E-state index in [1.807, 2.05) is 36.4 Å². The summed E-state index contributed by atoms with van der Waals surface area (Å²) >= 11 is 0. The van der Waals surface area contributed by atoms with Crippen molar-refractivity contribution in [3.63, 3.8) is 0 Å². The van der Waals surface area contributed by atoms with Gasteiger partial charge in [-0.15, -0.1) is 0 Å². The molecule has 0 saturated heterocycles. The molecule has 0 aliphatic carbocycles. The van der Waals surface area contributed by atoms with E-state index in [-0.39, 0.29) is 29.9 Å². The van der Waals surface area contributed by atoms with Crippen molar-refractivity contribution >= 4 is 23.4 Å². The molecule has 4 nitrogen and oxygen atoms in total. The standard InChI is InChI=1S/C17H12N2O2.HI/c1-21-17(20)10-6-4-8-14-12(10)9-15-16(19-14)11-5-2-3-7-13(11)18-15;/h2-9,19H,1H3;1H. The number of carbonyl (C=O) groups excluding carboxylic acids is 1. The number of methoxy groups -OCH3 is 1. The third kappa shape index (κ3) is 2.17. The highest BCUT2D eigenvalue weighted by atomic mass is 127. The van der Waals surface area contributed by atoms with Crippen molar-refractivity contribution < 1.29 is 38.8 Å². The number of carbonyl (C=O) groups is 1. The van der Waals surface area contributed by atoms with E-state index in [0.29, 0.717) is 5.56 Å². The van der Waals surface area contributed by atoms with Gasteiger partial charge in [0.2, 0.25) is 0 Å². The van der Waals surface area contributed by atoms with Crippen molar-refractivity contribution in [1.29, 1.82) is 0 Å². The zero-order chi connectivity index (χ0) is 14.4. The molecular formula is C17H13IN2O2. The van der Waals surface area contributed by atoms with Gasteiger partial charge in [0.1, 0.15) is 11.4 Å². The Morgan fingerprint density at radius 2 is 1.95 bits per heavy atom. The lowest BCUT2D eigenvalue weighted by atomic mass is 10.00. The highest BCUT2D eigenvalue weighted by molar-refractivity contribution is 5.97. The second kappa shape index (κ2) is 5.66. The van der Waals surface area contributed by atoms with Crippen LogP contribution in [-0.4, -0.2) is 13.1 Å². The Hall–Kier alpha value is -1.99. The quantitative estimate of drug-likeness (QED) is 0.324. The number of halogens is 1. The molecule has 0 fully saturated rings. The molecule has 0 unspecified atom stereocenters. The van der Waals surface area contributed by atoms with Crippen LogP contribution in [0.1, 0.15) is 15.9 Å². The third-order valence-electron chi connectivity index (χ3n) is 3.84. The summed E-state index contributed by atoms with van der Waals surface area (Å²) in [4.78, 5) is 16.5. The molecule has 110 valence electrons. The van der Waals surface area contributed by atoms with E-state index < -0.39 is 0 Å². The lowest BCUT2D eigenvalue weighted by Gasteiger charge is -2.14. The topological polar surface area (TPSA) is 55.3 Å². The van der Waals surface area contributed by atoms with Gasteiger partial charge in [-0.2, -0.15) is 0 Å². The first-order valence-corrected chi connectivity index (χ1v) is 6.74. The van der Waals surface area contributed by atoms with Crippen molar-refractivity contribution in [3.8, 4) is 0 Å². The highest BCUT2D eigenvalue weighted by Crippen LogP contribution is 2.27. The van der Waals surface area contributed by atoms with Gasteiger partial charge in [-0.25, -0.2) is 9.79 Å². The number of rotatable bonds is 1. The fourth-order valence-electron chi connectivity index (χ4n) is 2.84. The van der Waals surface area contributed by atoms with Crippen molar-refractivity contribution in [2.45, 2.75) is 0 Å². The zero-order valence-electron chi connectivity index (χ0n) is 11.8. The van der Waals surface area contributed by atoms with Crippen molar-refractivity contribution in [3.05, 3.63) is 69.9 Å². The van der Waals surface area contributed by atoms with E-state index in [2.05, 4.69) is 16.4 Å². The van der Waals surface area contributed by atoms with Gasteiger partial charge in [-0.1, -0.05) is 18.2 Å². The van der Waals surface area contributed by atoms with Crippen LogP contribution < -0.4 is 39.9 Å². The average molecular weight is 404 g/mol. The molecule has 0 spiro atoms. The Kier molecular flexibility index (Phi) is 3.84. The predicted octanol–water partition coefficient (Wildman–Crippen LogP) is -2.53. The lowest BCUT2D eigenvalue weighted by Crippen LogP contribution is -3.00. The van der Waals surface area contributed by atoms with Crippen molar-refractivity contribution in [2.75, 3.05) is 7.11 Å². The maximum Gasteiger partial charge on any atom is 0.338 e. The number of fused-ring (bicyclic) bond motifs is 3. The van der Waals surface area contributed by atoms with Crippen LogP contribution in [0.25, 0.3) is 11.8 Å². The molecule has 2 aromatic rings. The van der Waals surface area contributed by atoms with Gasteiger partial charge in [0.15, 0.2) is 5.70 Å². The van der Waals surface area contributed by atoms with Gasteiger partial charge < -0.3 is 28.7 Å². The number of esters is 1. The minimum atomic E-state index is -0.323. The van der Waals surface area contributed by atoms with Crippen LogP contribution in [0, 0.1) is 0 Å². The van der Waals surface area contributed by atoms with Crippen LogP contribution >= 0.6 is 0 Å². The first-order valence-electron chi connectivity index (χ1n) is 6.74. The monoisotopic (exact) mass is 404 g/mol. The molecule has 4 rings (SSSR count). The molecule has 0 aromatic heterocycles. The molecule has 2 aliphatic heterocycles. The van der Waals surface area contributed by atoms with Crippen LogP contribution in [0.4, 0.5) is 5.69 Å². The summed E-state index contributed by atoms with van der Waals surface area (Å²) in [5, 5.41) is 4.20. The van der Waals surface area contributed by atoms with E-state index >= 15 is 0 Å². The number of nitrogens with zero attached hydrogens (tertiary/aromatic N) is 1. The maximum atomic E-state index is 11.9. The van der Waals surface area contributed by atoms with Crippen LogP contribution in [0.2, 0.25) is 0 Å². The van der Waals surface area contributed by atoms with Gasteiger partial charge in [0, 0.05) is 6.07 Å². The van der Waals surface area contributed by atoms with Gasteiger partial charge in [-0.05, 0) is 24.3 Å². The van der Waals surface area contributed by atoms with Gasteiger partial charge in [-0.3, -0.25) is 5.32 Å². The Morgan fingerprint density at radius 3 is 2.77 bits per heavy atom. The summed E-state index contributed by atoms with van der Waals surface area (Å²) in [5.74, 6) is -0.323. The van der Waals surface area contributed by atoms with Gasteiger partial charge >= 0.3 is 5.97 Å². The van der Waals surface area contributed by atoms with E-state index in [4.69, 9.17) is 4.74 Å². The summed E-state index contributed by atoms with van der Waals surface area (Å²) in [6, 6.07) is 13.7. The summed E-state index contributed by atoms with van der Waals surface area (Å²) in [7, 11) is 1.40. The third-order valence-corrected chi connectivity index (χ3v) is 3.84. The van der Waals surface area contributed by atoms with Crippen molar-refractivity contribution in [2.24, 2.45) is 4.99 Å². The fraction of sp³-hybridized carbons (Fsp3) is 0.0588. The lowest BCUT2D eigenvalue weighted by molar-refractivity contribution is -0.471. The molecule has 0 bridgehead atoms. The Labute approximate surface area is 144 Å². The number of quaternary nitrogens is 1. The summed E-state index contributed by atoms with van der Waals surface area (Å²) < 4.78 is 4.86. The predicted molar refractivity (Wildman–Crippen MR) is 78.0 cm³/mol. The van der Waals surface area contributed by atoms with Crippen LogP contribution in [-0.2, 0) is 4.74 Å². The molecule has 2 aromatic carbocycles. The van der Waals surface area contributed by atoms with E-state index in [1.54, 1.807) is 6.07 Å². The molecule has 0 amide bonds. The second-order valence-corrected chi connectivity index (χ2v) is 5.02. The van der Waals surface area contributed by atoms with Gasteiger partial charge in [0.25, 0.3) is 0 Å². The van der Waals surface area contributed by atoms with Gasteiger partial charge in [0.05, 0.1) is 28.8 Å². The smallest absolute Gasteiger partial charge is 0.338 e. The number of hydrogen-bond acceptors (Lipinski definition) is 3. The summed E-state index contributed by atoms with van der Waals surface area (Å²) in [5.41, 5.74) is 4.48. The second-order valence-electron chi connectivity index (χ2n) is 5.02. The number of benzene rings is 2. The zero-order valence-corrected chi connectivity index (χ0v) is 14.0. The molecule has 0 radical (unpaired) electrons. The first kappa shape index (κ1) is 14.9. The molecular weight excluding hydrogens is 391 g/mol. The maximum absolute atomic E-state index is 11.9. The molecule has 22 heavy (non-hydrogen) atoms. The Morgan fingerprint density at radius 1 is 1.14 bits per heavy atom. The first-order chi connectivity index (χ1) is 10.3. The van der Waals surface area contributed by atoms with Crippen molar-refractivity contribution in [1.82, 2.24) is 0 Å². The minimum absolute atomic E-state index is 0. The van der Waals surface area contributed by atoms with E-state index in [0.717, 1.165) is 33.2 Å². The summed E-state index contributed by atoms with van der Waals surface area (Å²) in [6.45, 7) is 0. The average Bonchev–Trinajstić information content (AvgIpc) is 2.89. The molecule has 0 saturated carbocycles. The molecule has 2 N–H and O–H groups in total. The van der Waals surface area contributed by atoms with E-state index in [9.17, 15) is 4.79 Å². The largest absolute Gasteiger partial charge is 1.00 e. The highest BCUT2D eigenvalue weighted by Gasteiger charge is 2.27. The SMILES string of the molecule is COC(=O)c1cccc2c1C=C1N=c3ccccc3=C1[NH2+]2.[I-]. The molecule has 5 heteroatoms. The minimum Gasteiger partial charge on any atom is -1.00 e. The number of nitrogens with two attached hydrogens (primary N) is 1. The van der Waals surface area contributed by atoms with Crippen LogP contribution in [0.15, 0.2) is 53.2 Å². The Balaban J connectivity index is 0.00000144. The normalized spacial score (nSPS) is 13.9. The fourth-order valence-corrected chi connectivity index (χ4v) is 2.84. The number of para-hydroxylation sites is 1. The molecule has 2 aliphatic rings. The number of hydrogen-bond donors (Lipinski definition) is 1.